The number of fused-ring (bicyclic) bond motifs is 1. The zero-order chi connectivity index (χ0) is 28.9. The van der Waals surface area contributed by atoms with Gasteiger partial charge in [0.1, 0.15) is 18.0 Å². The van der Waals surface area contributed by atoms with E-state index in [4.69, 9.17) is 19.5 Å². The molecular weight excluding hydrogens is 522 g/mol. The summed E-state index contributed by atoms with van der Waals surface area (Å²) >= 11 is 0. The van der Waals surface area contributed by atoms with Crippen LogP contribution in [0.5, 0.6) is 0 Å². The summed E-state index contributed by atoms with van der Waals surface area (Å²) < 4.78 is 11.2. The molecule has 7 heteroatoms. The summed E-state index contributed by atoms with van der Waals surface area (Å²) in [7, 11) is 6.06. The minimum atomic E-state index is 0.166. The Hall–Kier alpha value is -3.94. The van der Waals surface area contributed by atoms with Crippen LogP contribution in [0.4, 0.5) is 5.69 Å². The molecule has 3 aromatic rings. The number of allylic oxidation sites excluding steroid dienone is 2. The molecule has 3 aliphatic rings. The lowest BCUT2D eigenvalue weighted by Crippen LogP contribution is -2.29. The Morgan fingerprint density at radius 3 is 2.57 bits per heavy atom. The van der Waals surface area contributed by atoms with Gasteiger partial charge in [0.15, 0.2) is 0 Å². The minimum absolute atomic E-state index is 0.166. The van der Waals surface area contributed by atoms with E-state index in [9.17, 15) is 0 Å². The Morgan fingerprint density at radius 2 is 1.86 bits per heavy atom. The third-order valence-corrected chi connectivity index (χ3v) is 8.42. The van der Waals surface area contributed by atoms with Gasteiger partial charge in [0.05, 0.1) is 18.0 Å². The Bertz CT molecular complexity index is 1480. The number of H-pyrrole nitrogens is 1. The number of aromatic nitrogens is 2. The number of methoxy groups -OCH3 is 1. The zero-order valence-electron chi connectivity index (χ0n) is 24.8. The maximum Gasteiger partial charge on any atom is 0.209 e. The van der Waals surface area contributed by atoms with E-state index in [1.807, 2.05) is 6.08 Å². The summed E-state index contributed by atoms with van der Waals surface area (Å²) in [5.41, 5.74) is 7.81. The summed E-state index contributed by atoms with van der Waals surface area (Å²) in [6, 6.07) is 17.8. The van der Waals surface area contributed by atoms with Crippen LogP contribution >= 0.6 is 0 Å². The van der Waals surface area contributed by atoms with Gasteiger partial charge >= 0.3 is 0 Å². The van der Waals surface area contributed by atoms with Crippen LogP contribution in [0.1, 0.15) is 43.4 Å². The number of anilines is 1. The summed E-state index contributed by atoms with van der Waals surface area (Å²) in [6.07, 6.45) is 16.3. The fraction of sp³-hybridized carbons (Fsp3) is 0.371. The highest BCUT2D eigenvalue weighted by molar-refractivity contribution is 5.93. The molecule has 1 aliphatic heterocycles. The summed E-state index contributed by atoms with van der Waals surface area (Å²) in [4.78, 5) is 15.9. The molecule has 2 N–H and O–H groups in total. The standard InChI is InChI=1S/C35H41N5O2/c1-40(2)29-19-15-26(16-20-29)34-33(25-13-17-28(18-14-25)36-22-23-41-3)38-35(39-34)27-11-8-24(9-12-27)10-21-32-37-30-6-4-5-7-31(30)42-32/h4,6,8-15,17-18,21,29-31,36H,5,7,16,19-20,22-23H2,1-3H3,(H,38,39)/b21-10+. The molecule has 0 fully saturated rings. The van der Waals surface area contributed by atoms with Crippen molar-refractivity contribution in [3.05, 3.63) is 84.1 Å². The second kappa shape index (κ2) is 12.9. The monoisotopic (exact) mass is 563 g/mol. The second-order valence-corrected chi connectivity index (χ2v) is 11.5. The fourth-order valence-electron chi connectivity index (χ4n) is 5.89. The van der Waals surface area contributed by atoms with Crippen LogP contribution in [0.2, 0.25) is 0 Å². The van der Waals surface area contributed by atoms with E-state index in [0.717, 1.165) is 84.1 Å². The Kier molecular flexibility index (Phi) is 8.68. The van der Waals surface area contributed by atoms with Gasteiger partial charge in [0.2, 0.25) is 5.90 Å². The molecule has 0 spiro atoms. The van der Waals surface area contributed by atoms with E-state index >= 15 is 0 Å². The number of nitrogens with one attached hydrogen (secondary N) is 2. The van der Waals surface area contributed by atoms with E-state index in [0.29, 0.717) is 12.6 Å². The topological polar surface area (TPSA) is 74.8 Å². The van der Waals surface area contributed by atoms with Crippen molar-refractivity contribution in [1.29, 1.82) is 0 Å². The molecule has 6 rings (SSSR count). The summed E-state index contributed by atoms with van der Waals surface area (Å²) in [6.45, 7) is 1.45. The van der Waals surface area contributed by atoms with Crippen molar-refractivity contribution < 1.29 is 9.47 Å². The van der Waals surface area contributed by atoms with E-state index < -0.39 is 0 Å². The van der Waals surface area contributed by atoms with Gasteiger partial charge in [-0.25, -0.2) is 9.98 Å². The molecule has 3 unspecified atom stereocenters. The highest BCUT2D eigenvalue weighted by atomic mass is 16.5. The van der Waals surface area contributed by atoms with Crippen LogP contribution in [-0.2, 0) is 9.47 Å². The maximum atomic E-state index is 6.03. The molecule has 0 bridgehead atoms. The highest BCUT2D eigenvalue weighted by Gasteiger charge is 2.29. The predicted octanol–water partition coefficient (Wildman–Crippen LogP) is 6.83. The van der Waals surface area contributed by atoms with Crippen LogP contribution < -0.4 is 5.32 Å². The zero-order valence-corrected chi connectivity index (χ0v) is 24.8. The van der Waals surface area contributed by atoms with Gasteiger partial charge in [-0.05, 0) is 75.5 Å². The number of benzene rings is 2. The number of rotatable bonds is 10. The van der Waals surface area contributed by atoms with Crippen molar-refractivity contribution in [2.75, 3.05) is 39.7 Å². The van der Waals surface area contributed by atoms with Crippen molar-refractivity contribution in [1.82, 2.24) is 14.9 Å². The molecule has 0 amide bonds. The second-order valence-electron chi connectivity index (χ2n) is 11.5. The van der Waals surface area contributed by atoms with Gasteiger partial charge in [-0.15, -0.1) is 0 Å². The van der Waals surface area contributed by atoms with E-state index in [2.05, 4.69) is 102 Å². The SMILES string of the molecule is COCCNc1ccc(-c2nc(-c3ccc(/C=C/C4=NC5C=CCCC5O4)cc3)[nH]c2C2=CCC(N(C)C)CC2)cc1. The number of aromatic amines is 1. The third kappa shape index (κ3) is 6.42. The predicted molar refractivity (Wildman–Crippen MR) is 173 cm³/mol. The van der Waals surface area contributed by atoms with Gasteiger partial charge in [-0.3, -0.25) is 0 Å². The summed E-state index contributed by atoms with van der Waals surface area (Å²) in [5.74, 6) is 1.60. The lowest BCUT2D eigenvalue weighted by atomic mass is 9.91. The average Bonchev–Trinajstić information content (AvgIpc) is 3.66. The lowest BCUT2D eigenvalue weighted by molar-refractivity contribution is 0.192. The molecule has 7 nitrogen and oxygen atoms in total. The van der Waals surface area contributed by atoms with Crippen LogP contribution in [-0.4, -0.2) is 73.3 Å². The number of hydrogen-bond donors (Lipinski definition) is 2. The summed E-state index contributed by atoms with van der Waals surface area (Å²) in [5, 5.41) is 3.40. The van der Waals surface area contributed by atoms with Gasteiger partial charge < -0.3 is 24.7 Å². The maximum absolute atomic E-state index is 6.03. The third-order valence-electron chi connectivity index (χ3n) is 8.42. The molecule has 0 saturated carbocycles. The average molecular weight is 564 g/mol. The number of ether oxygens (including phenoxy) is 2. The number of nitrogens with zero attached hydrogens (tertiary/aromatic N) is 3. The van der Waals surface area contributed by atoms with Crippen molar-refractivity contribution in [3.8, 4) is 22.6 Å². The quantitative estimate of drug-likeness (QED) is 0.209. The Labute approximate surface area is 249 Å². The Morgan fingerprint density at radius 1 is 1.05 bits per heavy atom. The first-order chi connectivity index (χ1) is 20.6. The van der Waals surface area contributed by atoms with Crippen molar-refractivity contribution in [2.24, 2.45) is 4.99 Å². The number of imidazole rings is 1. The molecule has 2 aliphatic carbocycles. The van der Waals surface area contributed by atoms with Crippen LogP contribution in [0.15, 0.2) is 77.8 Å². The molecular formula is C35H41N5O2. The Balaban J connectivity index is 1.23. The number of hydrogen-bond acceptors (Lipinski definition) is 6. The molecule has 0 saturated heterocycles. The number of aliphatic imine (C=N–C) groups is 1. The van der Waals surface area contributed by atoms with Crippen LogP contribution in [0.25, 0.3) is 34.3 Å². The first-order valence-electron chi connectivity index (χ1n) is 15.1. The smallest absolute Gasteiger partial charge is 0.209 e. The molecule has 2 aromatic carbocycles. The molecule has 1 aromatic heterocycles. The van der Waals surface area contributed by atoms with Crippen molar-refractivity contribution in [3.63, 3.8) is 0 Å². The van der Waals surface area contributed by atoms with Crippen LogP contribution in [0, 0.1) is 0 Å². The van der Waals surface area contributed by atoms with E-state index in [1.165, 1.54) is 5.57 Å². The molecule has 42 heavy (non-hydrogen) atoms. The normalized spacial score (nSPS) is 21.8. The minimum Gasteiger partial charge on any atom is -0.472 e. The highest BCUT2D eigenvalue weighted by Crippen LogP contribution is 2.36. The van der Waals surface area contributed by atoms with Crippen molar-refractivity contribution in [2.45, 2.75) is 50.3 Å². The van der Waals surface area contributed by atoms with Gasteiger partial charge in [-0.2, -0.15) is 0 Å². The molecule has 0 radical (unpaired) electrons. The largest absolute Gasteiger partial charge is 0.472 e. The molecule has 218 valence electrons. The fourth-order valence-corrected chi connectivity index (χ4v) is 5.89. The first kappa shape index (κ1) is 28.2. The van der Waals surface area contributed by atoms with E-state index in [1.54, 1.807) is 7.11 Å². The van der Waals surface area contributed by atoms with Crippen LogP contribution in [0.3, 0.4) is 0 Å². The van der Waals surface area contributed by atoms with Gasteiger partial charge in [0.25, 0.3) is 0 Å². The first-order valence-corrected chi connectivity index (χ1v) is 15.1. The lowest BCUT2D eigenvalue weighted by Gasteiger charge is -2.27. The van der Waals surface area contributed by atoms with Crippen molar-refractivity contribution >= 4 is 23.2 Å². The van der Waals surface area contributed by atoms with Gasteiger partial charge in [0, 0.05) is 42.6 Å². The molecule has 2 heterocycles. The molecule has 3 atom stereocenters. The van der Waals surface area contributed by atoms with Gasteiger partial charge in [-0.1, -0.05) is 54.6 Å². The van der Waals surface area contributed by atoms with E-state index in [-0.39, 0.29) is 12.1 Å².